The molecule has 1 amide bonds. The van der Waals surface area contributed by atoms with E-state index >= 15 is 0 Å². The molecule has 1 atom stereocenters. The smallest absolute Gasteiger partial charge is 0.257 e. The Kier molecular flexibility index (Phi) is 4.61. The van der Waals surface area contributed by atoms with E-state index in [1.54, 1.807) is 6.07 Å². The van der Waals surface area contributed by atoms with Gasteiger partial charge in [-0.3, -0.25) is 9.69 Å². The van der Waals surface area contributed by atoms with Crippen molar-refractivity contribution in [2.24, 2.45) is 5.92 Å². The van der Waals surface area contributed by atoms with Crippen molar-refractivity contribution in [1.29, 1.82) is 0 Å². The molecule has 0 aliphatic carbocycles. The van der Waals surface area contributed by atoms with E-state index in [4.69, 9.17) is 4.52 Å². The number of aromatic nitrogens is 2. The lowest BCUT2D eigenvalue weighted by Crippen LogP contribution is -2.45. The molecule has 3 heterocycles. The first-order valence-corrected chi connectivity index (χ1v) is 8.29. The van der Waals surface area contributed by atoms with Gasteiger partial charge in [-0.2, -0.15) is 0 Å². The molecule has 1 saturated heterocycles. The van der Waals surface area contributed by atoms with Crippen molar-refractivity contribution in [3.05, 3.63) is 23.5 Å². The minimum atomic E-state index is -0.0998. The number of rotatable bonds is 4. The van der Waals surface area contributed by atoms with Gasteiger partial charge >= 0.3 is 0 Å². The molecule has 6 nitrogen and oxygen atoms in total. The van der Waals surface area contributed by atoms with Gasteiger partial charge in [-0.05, 0) is 51.8 Å². The molecule has 1 N–H and O–H groups in total. The highest BCUT2D eigenvalue weighted by Crippen LogP contribution is 2.18. The lowest BCUT2D eigenvalue weighted by Gasteiger charge is -2.35. The Bertz CT molecular complexity index is 689. The lowest BCUT2D eigenvalue weighted by molar-refractivity contribution is 0.0921. The molecular weight excluding hydrogens is 292 g/mol. The normalized spacial score (nSPS) is 18.2. The second-order valence-corrected chi connectivity index (χ2v) is 6.62. The van der Waals surface area contributed by atoms with E-state index in [2.05, 4.69) is 34.2 Å². The van der Waals surface area contributed by atoms with Gasteiger partial charge in [0.2, 0.25) is 0 Å². The van der Waals surface area contributed by atoms with Crippen molar-refractivity contribution in [2.75, 3.05) is 19.6 Å². The fourth-order valence-corrected chi connectivity index (χ4v) is 3.01. The Balaban J connectivity index is 1.58. The third-order valence-corrected chi connectivity index (χ3v) is 4.77. The number of likely N-dealkylation sites (tertiary alicyclic amines) is 1. The summed E-state index contributed by atoms with van der Waals surface area (Å²) in [7, 11) is 0. The van der Waals surface area contributed by atoms with Gasteiger partial charge in [0.1, 0.15) is 0 Å². The fraction of sp³-hybridized carbons (Fsp3) is 0.588. The van der Waals surface area contributed by atoms with Crippen LogP contribution in [0.4, 0.5) is 0 Å². The number of piperidine rings is 1. The van der Waals surface area contributed by atoms with Crippen LogP contribution in [0.5, 0.6) is 0 Å². The number of aryl methyl sites for hydroxylation is 1. The number of nitrogens with one attached hydrogen (secondary N) is 1. The van der Waals surface area contributed by atoms with Gasteiger partial charge in [0, 0.05) is 18.8 Å². The monoisotopic (exact) mass is 316 g/mol. The zero-order chi connectivity index (χ0) is 16.4. The summed E-state index contributed by atoms with van der Waals surface area (Å²) < 4.78 is 5.07. The summed E-state index contributed by atoms with van der Waals surface area (Å²) >= 11 is 0. The van der Waals surface area contributed by atoms with Gasteiger partial charge in [-0.15, -0.1) is 0 Å². The van der Waals surface area contributed by atoms with Gasteiger partial charge in [0.05, 0.1) is 16.6 Å². The number of hydrogen-bond donors (Lipinski definition) is 1. The molecular formula is C17H24N4O2. The van der Waals surface area contributed by atoms with E-state index in [9.17, 15) is 4.79 Å². The van der Waals surface area contributed by atoms with E-state index in [0.29, 0.717) is 23.9 Å². The Morgan fingerprint density at radius 2 is 2.22 bits per heavy atom. The summed E-state index contributed by atoms with van der Waals surface area (Å²) in [6.07, 6.45) is 4.02. The van der Waals surface area contributed by atoms with E-state index in [-0.39, 0.29) is 5.91 Å². The summed E-state index contributed by atoms with van der Waals surface area (Å²) in [6.45, 7) is 9.20. The fourth-order valence-electron chi connectivity index (χ4n) is 3.01. The van der Waals surface area contributed by atoms with Crippen LogP contribution in [0, 0.1) is 12.8 Å². The molecule has 1 aliphatic rings. The lowest BCUT2D eigenvalue weighted by atomic mass is 9.98. The van der Waals surface area contributed by atoms with Crippen LogP contribution in [0.2, 0.25) is 0 Å². The van der Waals surface area contributed by atoms with Crippen molar-refractivity contribution < 1.29 is 9.32 Å². The number of hydrogen-bond acceptors (Lipinski definition) is 5. The van der Waals surface area contributed by atoms with Gasteiger partial charge in [0.25, 0.3) is 11.6 Å². The third-order valence-electron chi connectivity index (χ3n) is 4.77. The van der Waals surface area contributed by atoms with Crippen LogP contribution in [0.25, 0.3) is 11.1 Å². The third kappa shape index (κ3) is 3.52. The zero-order valence-electron chi connectivity index (χ0n) is 14.0. The molecule has 0 aromatic carbocycles. The standard InChI is InChI=1S/C17H24N4O2/c1-11-4-6-21(7-5-11)12(2)9-18-16(22)14-8-15-13(3)20-23-17(15)19-10-14/h8,10-12H,4-7,9H2,1-3H3,(H,18,22)/t12-/m0/s1. The highest BCUT2D eigenvalue weighted by molar-refractivity contribution is 5.96. The number of fused-ring (bicyclic) bond motifs is 1. The molecule has 0 radical (unpaired) electrons. The molecule has 2 aromatic heterocycles. The summed E-state index contributed by atoms with van der Waals surface area (Å²) in [6, 6.07) is 2.14. The topological polar surface area (TPSA) is 71.3 Å². The minimum Gasteiger partial charge on any atom is -0.350 e. The molecule has 23 heavy (non-hydrogen) atoms. The summed E-state index contributed by atoms with van der Waals surface area (Å²) in [5, 5.41) is 7.66. The van der Waals surface area contributed by atoms with Crippen molar-refractivity contribution >= 4 is 17.0 Å². The number of pyridine rings is 1. The van der Waals surface area contributed by atoms with Crippen LogP contribution in [0.15, 0.2) is 16.8 Å². The Morgan fingerprint density at radius 3 is 2.96 bits per heavy atom. The van der Waals surface area contributed by atoms with E-state index in [1.165, 1.54) is 19.0 Å². The Morgan fingerprint density at radius 1 is 1.48 bits per heavy atom. The van der Waals surface area contributed by atoms with Gasteiger partial charge in [-0.25, -0.2) is 4.98 Å². The molecule has 1 fully saturated rings. The second kappa shape index (κ2) is 6.66. The SMILES string of the molecule is Cc1noc2ncc(C(=O)NC[C@H](C)N3CCC(C)CC3)cc12. The first-order chi connectivity index (χ1) is 11.0. The van der Waals surface area contributed by atoms with Crippen molar-refractivity contribution in [1.82, 2.24) is 20.4 Å². The maximum absolute atomic E-state index is 12.3. The van der Waals surface area contributed by atoms with E-state index in [1.807, 2.05) is 6.92 Å². The maximum atomic E-state index is 12.3. The first-order valence-electron chi connectivity index (χ1n) is 8.29. The first kappa shape index (κ1) is 15.9. The van der Waals surface area contributed by atoms with E-state index in [0.717, 1.165) is 30.1 Å². The molecule has 0 bridgehead atoms. The number of carbonyl (C=O) groups excluding carboxylic acids is 1. The van der Waals surface area contributed by atoms with Crippen LogP contribution >= 0.6 is 0 Å². The van der Waals surface area contributed by atoms with Gasteiger partial charge in [0.15, 0.2) is 0 Å². The predicted octanol–water partition coefficient (Wildman–Crippen LogP) is 2.38. The van der Waals surface area contributed by atoms with Crippen LogP contribution in [0.1, 0.15) is 42.7 Å². The summed E-state index contributed by atoms with van der Waals surface area (Å²) in [5.74, 6) is 0.717. The molecule has 124 valence electrons. The molecule has 0 unspecified atom stereocenters. The largest absolute Gasteiger partial charge is 0.350 e. The number of nitrogens with zero attached hydrogens (tertiary/aromatic N) is 3. The van der Waals surface area contributed by atoms with E-state index < -0.39 is 0 Å². The van der Waals surface area contributed by atoms with Crippen LogP contribution < -0.4 is 5.32 Å². The number of amides is 1. The van der Waals surface area contributed by atoms with Crippen LogP contribution in [-0.4, -0.2) is 46.6 Å². The molecule has 3 rings (SSSR count). The Labute approximate surface area is 136 Å². The van der Waals surface area contributed by atoms with Gasteiger partial charge in [-0.1, -0.05) is 12.1 Å². The highest BCUT2D eigenvalue weighted by Gasteiger charge is 2.21. The molecule has 2 aromatic rings. The Hall–Kier alpha value is -1.95. The van der Waals surface area contributed by atoms with Crippen molar-refractivity contribution in [3.63, 3.8) is 0 Å². The zero-order valence-corrected chi connectivity index (χ0v) is 14.0. The van der Waals surface area contributed by atoms with Crippen LogP contribution in [0.3, 0.4) is 0 Å². The van der Waals surface area contributed by atoms with Crippen LogP contribution in [-0.2, 0) is 0 Å². The van der Waals surface area contributed by atoms with Crippen molar-refractivity contribution in [3.8, 4) is 0 Å². The molecule has 0 spiro atoms. The molecule has 1 aliphatic heterocycles. The minimum absolute atomic E-state index is 0.0998. The van der Waals surface area contributed by atoms with Crippen molar-refractivity contribution in [2.45, 2.75) is 39.7 Å². The number of carbonyl (C=O) groups is 1. The second-order valence-electron chi connectivity index (χ2n) is 6.62. The average molecular weight is 316 g/mol. The predicted molar refractivity (Wildman–Crippen MR) is 88.3 cm³/mol. The summed E-state index contributed by atoms with van der Waals surface area (Å²) in [4.78, 5) is 18.9. The quantitative estimate of drug-likeness (QED) is 0.937. The maximum Gasteiger partial charge on any atom is 0.257 e. The molecule has 0 saturated carbocycles. The molecule has 6 heteroatoms. The van der Waals surface area contributed by atoms with Gasteiger partial charge < -0.3 is 9.84 Å². The highest BCUT2D eigenvalue weighted by atomic mass is 16.5. The average Bonchev–Trinajstić information content (AvgIpc) is 2.93. The summed E-state index contributed by atoms with van der Waals surface area (Å²) in [5.41, 5.74) is 1.76.